The topological polar surface area (TPSA) is 123 Å². The zero-order valence-corrected chi connectivity index (χ0v) is 21.6. The molecule has 2 heterocycles. The molecule has 4 amide bonds. The maximum Gasteiger partial charge on any atom is 0.312 e. The molecule has 1 spiro atoms. The quantitative estimate of drug-likeness (QED) is 0.641. The van der Waals surface area contributed by atoms with Crippen LogP contribution in [0.4, 0.5) is 5.69 Å². The third-order valence-corrected chi connectivity index (χ3v) is 6.48. The number of anilines is 1. The Balaban J connectivity index is 1.94. The van der Waals surface area contributed by atoms with Gasteiger partial charge >= 0.3 is 11.8 Å². The molecule has 0 radical (unpaired) electrons. The molecule has 0 aliphatic carbocycles. The number of fused-ring (bicyclic) bond motifs is 2. The highest BCUT2D eigenvalue weighted by Crippen LogP contribution is 2.46. The smallest absolute Gasteiger partial charge is 0.312 e. The lowest BCUT2D eigenvalue weighted by atomic mass is 9.80. The molecule has 2 N–H and O–H groups in total. The molecule has 0 saturated carbocycles. The normalized spacial score (nSPS) is 22.3. The number of benzene rings is 1. The summed E-state index contributed by atoms with van der Waals surface area (Å²) >= 11 is 0. The van der Waals surface area contributed by atoms with Crippen molar-refractivity contribution in [1.82, 2.24) is 15.1 Å². The van der Waals surface area contributed by atoms with Gasteiger partial charge in [0.2, 0.25) is 11.8 Å². The van der Waals surface area contributed by atoms with Gasteiger partial charge in [-0.3, -0.25) is 19.2 Å². The number of nitrogens with zero attached hydrogens (tertiary/aromatic N) is 3. The number of nitriles is 1. The Labute approximate surface area is 206 Å². The number of likely N-dealkylation sites (tertiary alicyclic amines) is 1. The lowest BCUT2D eigenvalue weighted by Gasteiger charge is -2.35. The lowest BCUT2D eigenvalue weighted by Crippen LogP contribution is -2.56. The van der Waals surface area contributed by atoms with Crippen LogP contribution >= 0.6 is 0 Å². The maximum absolute atomic E-state index is 13.9. The van der Waals surface area contributed by atoms with Gasteiger partial charge in [-0.15, -0.1) is 0 Å². The summed E-state index contributed by atoms with van der Waals surface area (Å²) in [5.41, 5.74) is -0.548. The summed E-state index contributed by atoms with van der Waals surface area (Å²) in [6, 6.07) is 7.66. The number of likely N-dealkylation sites (N-methyl/N-ethyl adjacent to an activating group) is 1. The fraction of sp³-hybridized carbons (Fsp3) is 0.577. The van der Waals surface area contributed by atoms with E-state index >= 15 is 0 Å². The average Bonchev–Trinajstić information content (AvgIpc) is 3.27. The second kappa shape index (κ2) is 8.99. The molecule has 0 bridgehead atoms. The molecule has 188 valence electrons. The first kappa shape index (κ1) is 26.2. The molecule has 35 heavy (non-hydrogen) atoms. The predicted molar refractivity (Wildman–Crippen MR) is 131 cm³/mol. The van der Waals surface area contributed by atoms with Gasteiger partial charge in [0.15, 0.2) is 0 Å². The Bertz CT molecular complexity index is 1090. The molecule has 1 saturated heterocycles. The van der Waals surface area contributed by atoms with E-state index in [2.05, 4.69) is 16.7 Å². The summed E-state index contributed by atoms with van der Waals surface area (Å²) in [6.45, 7) is 11.1. The van der Waals surface area contributed by atoms with Crippen LogP contribution < -0.4 is 10.6 Å². The van der Waals surface area contributed by atoms with Crippen molar-refractivity contribution in [2.75, 3.05) is 18.9 Å². The first-order valence-corrected chi connectivity index (χ1v) is 11.8. The SMILES string of the molecule is CN(C(=O)C(=O)NC(C)(C)C)[C@@H](CC(C)(C)C)C(=O)N1CC2(C[C@H]1C#N)C(=O)Nc1ccccc12. The van der Waals surface area contributed by atoms with E-state index in [1.165, 1.54) is 11.9 Å². The zero-order chi connectivity index (χ0) is 26.3. The van der Waals surface area contributed by atoms with Gasteiger partial charge < -0.3 is 20.4 Å². The second-order valence-corrected chi connectivity index (χ2v) is 11.8. The van der Waals surface area contributed by atoms with E-state index in [9.17, 15) is 24.4 Å². The van der Waals surface area contributed by atoms with E-state index in [0.29, 0.717) is 5.69 Å². The van der Waals surface area contributed by atoms with Crippen molar-refractivity contribution >= 4 is 29.3 Å². The van der Waals surface area contributed by atoms with Crippen LogP contribution in [0, 0.1) is 16.7 Å². The van der Waals surface area contributed by atoms with Crippen LogP contribution in [0.2, 0.25) is 0 Å². The van der Waals surface area contributed by atoms with Crippen molar-refractivity contribution in [3.63, 3.8) is 0 Å². The van der Waals surface area contributed by atoms with Gasteiger partial charge in [-0.2, -0.15) is 5.26 Å². The number of nitrogens with one attached hydrogen (secondary N) is 2. The van der Waals surface area contributed by atoms with Crippen molar-refractivity contribution in [2.45, 2.75) is 77.4 Å². The Morgan fingerprint density at radius 1 is 1.23 bits per heavy atom. The first-order valence-electron chi connectivity index (χ1n) is 11.8. The molecule has 9 heteroatoms. The highest BCUT2D eigenvalue weighted by molar-refractivity contribution is 6.35. The van der Waals surface area contributed by atoms with Gasteiger partial charge in [-0.1, -0.05) is 39.0 Å². The van der Waals surface area contributed by atoms with Crippen LogP contribution in [-0.2, 0) is 24.6 Å². The van der Waals surface area contributed by atoms with Gasteiger partial charge in [-0.05, 0) is 44.2 Å². The number of hydrogen-bond donors (Lipinski definition) is 2. The minimum absolute atomic E-state index is 0.0315. The molecule has 0 aromatic heterocycles. The lowest BCUT2D eigenvalue weighted by molar-refractivity contribution is -0.152. The molecule has 3 rings (SSSR count). The Hall–Kier alpha value is -3.41. The Morgan fingerprint density at radius 2 is 1.86 bits per heavy atom. The van der Waals surface area contributed by atoms with Crippen molar-refractivity contribution in [2.24, 2.45) is 5.41 Å². The number of carbonyl (C=O) groups is 4. The molecule has 1 unspecified atom stereocenters. The highest BCUT2D eigenvalue weighted by Gasteiger charge is 2.57. The molecule has 9 nitrogen and oxygen atoms in total. The predicted octanol–water partition coefficient (Wildman–Crippen LogP) is 2.18. The maximum atomic E-state index is 13.9. The number of rotatable bonds is 3. The molecule has 1 aromatic carbocycles. The minimum Gasteiger partial charge on any atom is -0.343 e. The van der Waals surface area contributed by atoms with Crippen LogP contribution in [-0.4, -0.2) is 64.6 Å². The molecule has 3 atom stereocenters. The van der Waals surface area contributed by atoms with E-state index in [-0.39, 0.29) is 30.7 Å². The van der Waals surface area contributed by atoms with Crippen LogP contribution in [0.5, 0.6) is 0 Å². The van der Waals surface area contributed by atoms with Gasteiger partial charge in [0.25, 0.3) is 0 Å². The molecule has 1 fully saturated rings. The average molecular weight is 482 g/mol. The molecule has 2 aliphatic heterocycles. The molecular formula is C26H35N5O4. The van der Waals surface area contributed by atoms with E-state index in [1.54, 1.807) is 26.8 Å². The Morgan fingerprint density at radius 3 is 2.43 bits per heavy atom. The zero-order valence-electron chi connectivity index (χ0n) is 21.6. The summed E-state index contributed by atoms with van der Waals surface area (Å²) in [6.07, 6.45) is 0.448. The first-order chi connectivity index (χ1) is 16.1. The van der Waals surface area contributed by atoms with Crippen LogP contribution in [0.25, 0.3) is 0 Å². The van der Waals surface area contributed by atoms with Crippen LogP contribution in [0.1, 0.15) is 59.9 Å². The van der Waals surface area contributed by atoms with E-state index < -0.39 is 40.8 Å². The fourth-order valence-corrected chi connectivity index (χ4v) is 4.84. The second-order valence-electron chi connectivity index (χ2n) is 11.8. The van der Waals surface area contributed by atoms with Crippen molar-refractivity contribution < 1.29 is 19.2 Å². The van der Waals surface area contributed by atoms with Crippen molar-refractivity contribution in [3.8, 4) is 6.07 Å². The standard InChI is InChI=1S/C26H35N5O4/c1-24(2,3)13-19(30(7)22(34)20(32)29-25(4,5)6)21(33)31-15-26(12-16(31)14-27)17-10-8-9-11-18(17)28-23(26)35/h8-11,16,19H,12-13,15H2,1-7H3,(H,28,35)(H,29,32)/t16-,19-,26?/m0/s1. The third-order valence-electron chi connectivity index (χ3n) is 6.48. The molecular weight excluding hydrogens is 446 g/mol. The monoisotopic (exact) mass is 481 g/mol. The summed E-state index contributed by atoms with van der Waals surface area (Å²) in [7, 11) is 1.43. The van der Waals surface area contributed by atoms with Crippen LogP contribution in [0.15, 0.2) is 24.3 Å². The number of amides is 4. The third kappa shape index (κ3) is 5.16. The number of hydrogen-bond acceptors (Lipinski definition) is 5. The highest BCUT2D eigenvalue weighted by atomic mass is 16.2. The molecule has 2 aliphatic rings. The van der Waals surface area contributed by atoms with Gasteiger partial charge in [0.05, 0.1) is 11.5 Å². The summed E-state index contributed by atoms with van der Waals surface area (Å²) < 4.78 is 0. The van der Waals surface area contributed by atoms with E-state index in [0.717, 1.165) is 10.5 Å². The molecule has 1 aromatic rings. The number of para-hydroxylation sites is 1. The van der Waals surface area contributed by atoms with Gasteiger partial charge in [-0.25, -0.2) is 0 Å². The van der Waals surface area contributed by atoms with E-state index in [4.69, 9.17) is 0 Å². The largest absolute Gasteiger partial charge is 0.343 e. The minimum atomic E-state index is -1.02. The number of carbonyl (C=O) groups excluding carboxylic acids is 4. The van der Waals surface area contributed by atoms with E-state index in [1.807, 2.05) is 39.0 Å². The van der Waals surface area contributed by atoms with Gasteiger partial charge in [0.1, 0.15) is 12.1 Å². The van der Waals surface area contributed by atoms with Crippen LogP contribution in [0.3, 0.4) is 0 Å². The summed E-state index contributed by atoms with van der Waals surface area (Å²) in [5, 5.41) is 15.4. The summed E-state index contributed by atoms with van der Waals surface area (Å²) in [5.74, 6) is -2.31. The Kier molecular flexibility index (Phi) is 6.73. The van der Waals surface area contributed by atoms with Gasteiger partial charge in [0, 0.05) is 31.2 Å². The van der Waals surface area contributed by atoms with Crippen molar-refractivity contribution in [1.29, 1.82) is 5.26 Å². The van der Waals surface area contributed by atoms with Crippen molar-refractivity contribution in [3.05, 3.63) is 29.8 Å². The summed E-state index contributed by atoms with van der Waals surface area (Å²) in [4.78, 5) is 55.1. The fourth-order valence-electron chi connectivity index (χ4n) is 4.84.